The van der Waals surface area contributed by atoms with Gasteiger partial charge < -0.3 is 14.4 Å². The number of nitro groups is 1. The molecule has 1 fully saturated rings. The molecule has 1 heterocycles. The van der Waals surface area contributed by atoms with E-state index in [4.69, 9.17) is 9.47 Å². The first kappa shape index (κ1) is 24.5. The minimum Gasteiger partial charge on any atom is -0.497 e. The molecule has 0 saturated carbocycles. The van der Waals surface area contributed by atoms with Crippen LogP contribution in [0, 0.1) is 10.1 Å². The number of carbonyl (C=O) groups is 1. The maximum atomic E-state index is 13.1. The maximum Gasteiger partial charge on any atom is 0.270 e. The van der Waals surface area contributed by atoms with Gasteiger partial charge in [0.15, 0.2) is 16.4 Å². The molecule has 0 unspecified atom stereocenters. The molecule has 0 aliphatic carbocycles. The number of non-ortho nitro benzene ring substituents is 1. The quantitative estimate of drug-likeness (QED) is 0.402. The molecular formula is C23H28N2O7S. The Bertz CT molecular complexity index is 1120. The molecule has 2 atom stereocenters. The number of hydrogen-bond donors (Lipinski definition) is 0. The van der Waals surface area contributed by atoms with Crippen LogP contribution in [0.25, 0.3) is 11.1 Å². The average molecular weight is 477 g/mol. The lowest BCUT2D eigenvalue weighted by Crippen LogP contribution is -2.48. The standard InChI is InChI=1S/C23H28N2O7S/c1-4-16(2)24(19-11-12-33(29,30)15-19)23(26)14-32-22-10-7-18(25(27)28)13-21(22)17-5-8-20(31-3)9-6-17/h5-10,13,16,19H,4,11-12,14-15H2,1-3H3/t16-,19+/m0/s1. The Morgan fingerprint density at radius 3 is 2.48 bits per heavy atom. The van der Waals surface area contributed by atoms with Crippen LogP contribution < -0.4 is 9.47 Å². The van der Waals surface area contributed by atoms with Crippen LogP contribution in [0.2, 0.25) is 0 Å². The number of hydrogen-bond acceptors (Lipinski definition) is 7. The highest BCUT2D eigenvalue weighted by atomic mass is 32.2. The molecule has 2 aromatic carbocycles. The van der Waals surface area contributed by atoms with Gasteiger partial charge in [-0.25, -0.2) is 8.42 Å². The fourth-order valence-corrected chi connectivity index (χ4v) is 5.68. The number of benzene rings is 2. The van der Waals surface area contributed by atoms with Gasteiger partial charge in [-0.1, -0.05) is 19.1 Å². The molecule has 0 radical (unpaired) electrons. The third kappa shape index (κ3) is 5.81. The normalized spacial score (nSPS) is 17.8. The van der Waals surface area contributed by atoms with Crippen molar-refractivity contribution in [3.63, 3.8) is 0 Å². The number of ether oxygens (including phenoxy) is 2. The van der Waals surface area contributed by atoms with Gasteiger partial charge in [0.25, 0.3) is 11.6 Å². The zero-order valence-electron chi connectivity index (χ0n) is 18.9. The summed E-state index contributed by atoms with van der Waals surface area (Å²) in [5.41, 5.74) is 1.04. The Kier molecular flexibility index (Phi) is 7.57. The van der Waals surface area contributed by atoms with Crippen molar-refractivity contribution in [1.82, 2.24) is 4.90 Å². The molecule has 3 rings (SSSR count). The molecule has 1 aliphatic heterocycles. The van der Waals surface area contributed by atoms with Gasteiger partial charge in [-0.2, -0.15) is 0 Å². The van der Waals surface area contributed by atoms with Crippen LogP contribution in [0.4, 0.5) is 5.69 Å². The molecule has 0 bridgehead atoms. The van der Waals surface area contributed by atoms with Crippen molar-refractivity contribution in [2.75, 3.05) is 25.2 Å². The third-order valence-corrected chi connectivity index (χ3v) is 7.63. The summed E-state index contributed by atoms with van der Waals surface area (Å²) in [6.45, 7) is 3.52. The van der Waals surface area contributed by atoms with E-state index in [1.807, 2.05) is 13.8 Å². The fraction of sp³-hybridized carbons (Fsp3) is 0.435. The van der Waals surface area contributed by atoms with Gasteiger partial charge in [0, 0.05) is 29.8 Å². The Balaban J connectivity index is 1.85. The number of carbonyl (C=O) groups excluding carboxylic acids is 1. The van der Waals surface area contributed by atoms with Crippen LogP contribution >= 0.6 is 0 Å². The van der Waals surface area contributed by atoms with Crippen LogP contribution in [-0.2, 0) is 14.6 Å². The molecule has 10 heteroatoms. The second kappa shape index (κ2) is 10.2. The van der Waals surface area contributed by atoms with Crippen molar-refractivity contribution in [2.24, 2.45) is 0 Å². The summed E-state index contributed by atoms with van der Waals surface area (Å²) in [6, 6.07) is 10.6. The van der Waals surface area contributed by atoms with E-state index in [0.29, 0.717) is 35.5 Å². The number of methoxy groups -OCH3 is 1. The summed E-state index contributed by atoms with van der Waals surface area (Å²) >= 11 is 0. The van der Waals surface area contributed by atoms with Crippen LogP contribution in [-0.4, -0.2) is 61.5 Å². The van der Waals surface area contributed by atoms with E-state index in [-0.39, 0.29) is 41.8 Å². The van der Waals surface area contributed by atoms with Crippen molar-refractivity contribution in [3.05, 3.63) is 52.6 Å². The first-order chi connectivity index (χ1) is 15.6. The molecule has 0 N–H and O–H groups in total. The lowest BCUT2D eigenvalue weighted by Gasteiger charge is -2.33. The molecule has 178 valence electrons. The lowest BCUT2D eigenvalue weighted by molar-refractivity contribution is -0.384. The molecular weight excluding hydrogens is 448 g/mol. The Labute approximate surface area is 193 Å². The lowest BCUT2D eigenvalue weighted by atomic mass is 10.0. The highest BCUT2D eigenvalue weighted by Gasteiger charge is 2.36. The minimum absolute atomic E-state index is 0.0439. The Hall–Kier alpha value is -3.14. The van der Waals surface area contributed by atoms with E-state index in [2.05, 4.69) is 0 Å². The van der Waals surface area contributed by atoms with Gasteiger partial charge in [0.1, 0.15) is 11.5 Å². The summed E-state index contributed by atoms with van der Waals surface area (Å²) in [5.74, 6) is 0.672. The summed E-state index contributed by atoms with van der Waals surface area (Å²) < 4.78 is 34.9. The van der Waals surface area contributed by atoms with Gasteiger partial charge in [0.2, 0.25) is 0 Å². The van der Waals surface area contributed by atoms with Gasteiger partial charge >= 0.3 is 0 Å². The Morgan fingerprint density at radius 2 is 1.94 bits per heavy atom. The van der Waals surface area contributed by atoms with E-state index in [9.17, 15) is 23.3 Å². The van der Waals surface area contributed by atoms with E-state index in [1.54, 1.807) is 36.3 Å². The van der Waals surface area contributed by atoms with Crippen molar-refractivity contribution in [1.29, 1.82) is 0 Å². The number of sulfone groups is 1. The maximum absolute atomic E-state index is 13.1. The van der Waals surface area contributed by atoms with Gasteiger partial charge in [0.05, 0.1) is 23.5 Å². The molecule has 33 heavy (non-hydrogen) atoms. The van der Waals surface area contributed by atoms with Gasteiger partial charge in [-0.05, 0) is 43.5 Å². The fourth-order valence-electron chi connectivity index (χ4n) is 3.97. The zero-order valence-corrected chi connectivity index (χ0v) is 19.7. The third-order valence-electron chi connectivity index (χ3n) is 5.88. The molecule has 9 nitrogen and oxygen atoms in total. The summed E-state index contributed by atoms with van der Waals surface area (Å²) in [4.78, 5) is 25.5. The monoisotopic (exact) mass is 476 g/mol. The van der Waals surface area contributed by atoms with Crippen molar-refractivity contribution in [3.8, 4) is 22.6 Å². The Morgan fingerprint density at radius 1 is 1.24 bits per heavy atom. The molecule has 0 spiro atoms. The SMILES string of the molecule is CC[C@H](C)N(C(=O)COc1ccc([N+](=O)[O-])cc1-c1ccc(OC)cc1)[C@@H]1CCS(=O)(=O)C1. The topological polar surface area (TPSA) is 116 Å². The molecule has 1 aliphatic rings. The predicted molar refractivity (Wildman–Crippen MR) is 124 cm³/mol. The van der Waals surface area contributed by atoms with Crippen molar-refractivity contribution >= 4 is 21.4 Å². The number of nitrogens with zero attached hydrogens (tertiary/aromatic N) is 2. The summed E-state index contributed by atoms with van der Waals surface area (Å²) in [7, 11) is -1.61. The van der Waals surface area contributed by atoms with Crippen LogP contribution in [0.3, 0.4) is 0 Å². The number of nitro benzene ring substituents is 1. The first-order valence-corrected chi connectivity index (χ1v) is 12.5. The second-order valence-corrected chi connectivity index (χ2v) is 10.3. The largest absolute Gasteiger partial charge is 0.497 e. The van der Waals surface area contributed by atoms with Gasteiger partial charge in [-0.15, -0.1) is 0 Å². The highest BCUT2D eigenvalue weighted by Crippen LogP contribution is 2.34. The van der Waals surface area contributed by atoms with E-state index in [0.717, 1.165) is 0 Å². The van der Waals surface area contributed by atoms with Crippen LogP contribution in [0.15, 0.2) is 42.5 Å². The highest BCUT2D eigenvalue weighted by molar-refractivity contribution is 7.91. The second-order valence-electron chi connectivity index (χ2n) is 8.07. The summed E-state index contributed by atoms with van der Waals surface area (Å²) in [5, 5.41) is 11.3. The van der Waals surface area contributed by atoms with Crippen LogP contribution in [0.1, 0.15) is 26.7 Å². The van der Waals surface area contributed by atoms with Crippen LogP contribution in [0.5, 0.6) is 11.5 Å². The van der Waals surface area contributed by atoms with Gasteiger partial charge in [-0.3, -0.25) is 14.9 Å². The summed E-state index contributed by atoms with van der Waals surface area (Å²) in [6.07, 6.45) is 1.09. The average Bonchev–Trinajstić information content (AvgIpc) is 3.16. The first-order valence-electron chi connectivity index (χ1n) is 10.7. The zero-order chi connectivity index (χ0) is 24.2. The molecule has 2 aromatic rings. The number of rotatable bonds is 9. The van der Waals surface area contributed by atoms with E-state index >= 15 is 0 Å². The van der Waals surface area contributed by atoms with E-state index < -0.39 is 14.8 Å². The molecule has 1 saturated heterocycles. The minimum atomic E-state index is -3.15. The van der Waals surface area contributed by atoms with E-state index in [1.165, 1.54) is 18.2 Å². The van der Waals surface area contributed by atoms with Crippen molar-refractivity contribution in [2.45, 2.75) is 38.8 Å². The number of amides is 1. The van der Waals surface area contributed by atoms with Crippen molar-refractivity contribution < 1.29 is 27.6 Å². The molecule has 0 aromatic heterocycles. The predicted octanol–water partition coefficient (Wildman–Crippen LogP) is 3.46. The molecule has 1 amide bonds. The smallest absolute Gasteiger partial charge is 0.270 e.